The van der Waals surface area contributed by atoms with Crippen molar-refractivity contribution in [3.8, 4) is 28.0 Å². The summed E-state index contributed by atoms with van der Waals surface area (Å²) in [5.74, 6) is 0.868. The lowest BCUT2D eigenvalue weighted by molar-refractivity contribution is 0.415. The Hall–Kier alpha value is -4.10. The minimum absolute atomic E-state index is 0.398. The first-order valence-electron chi connectivity index (χ1n) is 11.3. The molecule has 0 radical (unpaired) electrons. The van der Waals surface area contributed by atoms with E-state index in [4.69, 9.17) is 4.74 Å². The van der Waals surface area contributed by atoms with Gasteiger partial charge >= 0.3 is 0 Å². The molecule has 0 aromatic heterocycles. The van der Waals surface area contributed by atoms with Crippen molar-refractivity contribution in [3.05, 3.63) is 150 Å². The quantitative estimate of drug-likeness (QED) is 0.281. The molecule has 33 heavy (non-hydrogen) atoms. The largest absolute Gasteiger partial charge is 0.497 e. The monoisotopic (exact) mass is 424 g/mol. The summed E-state index contributed by atoms with van der Waals surface area (Å²) in [6.45, 7) is 0. The summed E-state index contributed by atoms with van der Waals surface area (Å²) in [6, 6.07) is 45.9. The van der Waals surface area contributed by atoms with Crippen molar-refractivity contribution >= 4 is 0 Å². The number of ether oxygens (including phenoxy) is 1. The molecule has 0 bridgehead atoms. The van der Waals surface area contributed by atoms with Crippen LogP contribution in [0.5, 0.6) is 5.75 Å². The zero-order valence-electron chi connectivity index (χ0n) is 18.5. The van der Waals surface area contributed by atoms with Gasteiger partial charge in [-0.25, -0.2) is 0 Å². The molecule has 0 saturated carbocycles. The van der Waals surface area contributed by atoms with Gasteiger partial charge in [0, 0.05) is 0 Å². The van der Waals surface area contributed by atoms with Crippen molar-refractivity contribution in [2.75, 3.05) is 7.11 Å². The highest BCUT2D eigenvalue weighted by molar-refractivity contribution is 5.92. The molecule has 1 aliphatic carbocycles. The zero-order chi connectivity index (χ0) is 22.3. The van der Waals surface area contributed by atoms with E-state index in [9.17, 15) is 0 Å². The maximum atomic E-state index is 5.43. The molecule has 0 fully saturated rings. The van der Waals surface area contributed by atoms with E-state index in [2.05, 4.69) is 115 Å². The third kappa shape index (κ3) is 2.86. The fourth-order valence-electron chi connectivity index (χ4n) is 5.51. The SMILES string of the molecule is COc1ccc(-c2cccc3c2C(c2ccccc2)(c2ccccc2)c2ccccc2-3)cc1. The predicted molar refractivity (Wildman–Crippen MR) is 136 cm³/mol. The highest BCUT2D eigenvalue weighted by Crippen LogP contribution is 2.58. The Bertz CT molecular complexity index is 1380. The standard InChI is InChI=1S/C32H24O/c1-33-26-21-19-23(20-22-26)27-16-10-17-29-28-15-8-9-18-30(28)32(31(27)29,24-11-4-2-5-12-24)25-13-6-3-7-14-25/h2-22H,1H3. The molecule has 0 heterocycles. The first kappa shape index (κ1) is 19.6. The van der Waals surface area contributed by atoms with Crippen molar-refractivity contribution in [1.82, 2.24) is 0 Å². The number of benzene rings is 5. The molecule has 1 heteroatoms. The van der Waals surface area contributed by atoms with Crippen LogP contribution >= 0.6 is 0 Å². The maximum Gasteiger partial charge on any atom is 0.118 e. The van der Waals surface area contributed by atoms with Crippen LogP contribution in [-0.4, -0.2) is 7.11 Å². The van der Waals surface area contributed by atoms with Crippen LogP contribution in [0.3, 0.4) is 0 Å². The van der Waals surface area contributed by atoms with Gasteiger partial charge in [0.25, 0.3) is 0 Å². The van der Waals surface area contributed by atoms with Crippen molar-refractivity contribution in [3.63, 3.8) is 0 Å². The van der Waals surface area contributed by atoms with Gasteiger partial charge in [-0.3, -0.25) is 0 Å². The first-order valence-corrected chi connectivity index (χ1v) is 11.3. The molecular weight excluding hydrogens is 400 g/mol. The van der Waals surface area contributed by atoms with Gasteiger partial charge < -0.3 is 4.74 Å². The van der Waals surface area contributed by atoms with E-state index in [1.165, 1.54) is 44.5 Å². The Balaban J connectivity index is 1.77. The van der Waals surface area contributed by atoms with Crippen molar-refractivity contribution in [1.29, 1.82) is 0 Å². The van der Waals surface area contributed by atoms with Gasteiger partial charge in [-0.05, 0) is 56.6 Å². The van der Waals surface area contributed by atoms with E-state index in [1.807, 2.05) is 12.1 Å². The molecule has 0 saturated heterocycles. The summed E-state index contributed by atoms with van der Waals surface area (Å²) in [7, 11) is 1.71. The third-order valence-electron chi connectivity index (χ3n) is 6.88. The molecule has 0 aliphatic heterocycles. The van der Waals surface area contributed by atoms with Gasteiger partial charge in [-0.2, -0.15) is 0 Å². The highest BCUT2D eigenvalue weighted by Gasteiger charge is 2.47. The van der Waals surface area contributed by atoms with Gasteiger partial charge in [0.05, 0.1) is 12.5 Å². The Morgan fingerprint density at radius 2 is 1.03 bits per heavy atom. The lowest BCUT2D eigenvalue weighted by atomic mass is 9.66. The average molecular weight is 425 g/mol. The summed E-state index contributed by atoms with van der Waals surface area (Å²) in [5, 5.41) is 0. The number of methoxy groups -OCH3 is 1. The van der Waals surface area contributed by atoms with Gasteiger partial charge in [-0.1, -0.05) is 115 Å². The second kappa shape index (κ2) is 7.79. The van der Waals surface area contributed by atoms with Crippen LogP contribution in [0.2, 0.25) is 0 Å². The van der Waals surface area contributed by atoms with Crippen molar-refractivity contribution in [2.24, 2.45) is 0 Å². The molecule has 1 nitrogen and oxygen atoms in total. The van der Waals surface area contributed by atoms with Gasteiger partial charge in [-0.15, -0.1) is 0 Å². The van der Waals surface area contributed by atoms with E-state index in [1.54, 1.807) is 7.11 Å². The van der Waals surface area contributed by atoms with Gasteiger partial charge in [0.15, 0.2) is 0 Å². The van der Waals surface area contributed by atoms with Crippen molar-refractivity contribution < 1.29 is 4.74 Å². The van der Waals surface area contributed by atoms with E-state index in [-0.39, 0.29) is 0 Å². The molecule has 0 unspecified atom stereocenters. The van der Waals surface area contributed by atoms with Gasteiger partial charge in [0.2, 0.25) is 0 Å². The number of hydrogen-bond donors (Lipinski definition) is 0. The van der Waals surface area contributed by atoms with E-state index in [0.717, 1.165) is 5.75 Å². The van der Waals surface area contributed by atoms with Crippen LogP contribution < -0.4 is 4.74 Å². The third-order valence-corrected chi connectivity index (χ3v) is 6.88. The van der Waals surface area contributed by atoms with E-state index >= 15 is 0 Å². The lowest BCUT2D eigenvalue weighted by Crippen LogP contribution is -2.29. The van der Waals surface area contributed by atoms with Crippen LogP contribution in [0.4, 0.5) is 0 Å². The highest BCUT2D eigenvalue weighted by atomic mass is 16.5. The Labute approximate surface area is 194 Å². The second-order valence-electron chi connectivity index (χ2n) is 8.48. The summed E-state index contributed by atoms with van der Waals surface area (Å²) in [6.07, 6.45) is 0. The maximum absolute atomic E-state index is 5.43. The van der Waals surface area contributed by atoms with E-state index in [0.29, 0.717) is 0 Å². The van der Waals surface area contributed by atoms with Gasteiger partial charge in [0.1, 0.15) is 5.75 Å². The smallest absolute Gasteiger partial charge is 0.118 e. The van der Waals surface area contributed by atoms with Crippen LogP contribution in [-0.2, 0) is 5.41 Å². The van der Waals surface area contributed by atoms with E-state index < -0.39 is 5.41 Å². The molecule has 5 aromatic rings. The van der Waals surface area contributed by atoms with Crippen LogP contribution in [0.1, 0.15) is 22.3 Å². The minimum atomic E-state index is -0.398. The first-order chi connectivity index (χ1) is 16.3. The average Bonchev–Trinajstić information content (AvgIpc) is 3.21. The van der Waals surface area contributed by atoms with Crippen molar-refractivity contribution in [2.45, 2.75) is 5.41 Å². The molecule has 0 spiro atoms. The molecule has 0 amide bonds. The number of hydrogen-bond acceptors (Lipinski definition) is 1. The molecule has 5 aromatic carbocycles. The summed E-state index contributed by atoms with van der Waals surface area (Å²) >= 11 is 0. The molecule has 6 rings (SSSR count). The number of rotatable bonds is 4. The number of fused-ring (bicyclic) bond motifs is 3. The Morgan fingerprint density at radius 3 is 1.67 bits per heavy atom. The Kier molecular flexibility index (Phi) is 4.62. The fourth-order valence-corrected chi connectivity index (χ4v) is 5.51. The fraction of sp³-hybridized carbons (Fsp3) is 0.0625. The van der Waals surface area contributed by atoms with Crippen LogP contribution in [0, 0.1) is 0 Å². The minimum Gasteiger partial charge on any atom is -0.497 e. The summed E-state index contributed by atoms with van der Waals surface area (Å²) in [5.41, 5.74) is 9.88. The Morgan fingerprint density at radius 1 is 0.485 bits per heavy atom. The van der Waals surface area contributed by atoms with Crippen LogP contribution in [0.25, 0.3) is 22.3 Å². The summed E-state index contributed by atoms with van der Waals surface area (Å²) in [4.78, 5) is 0. The second-order valence-corrected chi connectivity index (χ2v) is 8.48. The normalized spacial score (nSPS) is 13.2. The topological polar surface area (TPSA) is 9.23 Å². The van der Waals surface area contributed by atoms with Crippen LogP contribution in [0.15, 0.2) is 127 Å². The molecule has 1 aliphatic rings. The lowest BCUT2D eigenvalue weighted by Gasteiger charge is -2.35. The molecule has 0 N–H and O–H groups in total. The molecule has 158 valence electrons. The molecule has 0 atom stereocenters. The summed E-state index contributed by atoms with van der Waals surface area (Å²) < 4.78 is 5.43. The molecular formula is C32H24O. The zero-order valence-corrected chi connectivity index (χ0v) is 18.5. The predicted octanol–water partition coefficient (Wildman–Crippen LogP) is 7.73.